The van der Waals surface area contributed by atoms with Crippen molar-refractivity contribution >= 4 is 23.6 Å². The Kier molecular flexibility index (Phi) is 10.3. The summed E-state index contributed by atoms with van der Waals surface area (Å²) < 4.78 is 6.20. The number of nitrogens with one attached hydrogen (secondary N) is 2. The van der Waals surface area contributed by atoms with E-state index >= 15 is 0 Å². The van der Waals surface area contributed by atoms with Gasteiger partial charge >= 0.3 is 0 Å². The molecule has 0 aromatic heterocycles. The van der Waals surface area contributed by atoms with E-state index in [1.54, 1.807) is 36.1 Å². The second-order valence-corrected chi connectivity index (χ2v) is 13.0. The van der Waals surface area contributed by atoms with Crippen LogP contribution in [0.3, 0.4) is 0 Å². The second-order valence-electron chi connectivity index (χ2n) is 13.0. The Morgan fingerprint density at radius 2 is 1.51 bits per heavy atom. The SMILES string of the molecule is CC(C)(C)c1ccc(Oc2cccc(CN(C(=O)c3cccc(C(=N)N)c3)[C@@](C)(C(=O)NCC(N)=O)C3CCCCC3)c2)cc1. The predicted octanol–water partition coefficient (Wildman–Crippen LogP) is 5.64. The van der Waals surface area contributed by atoms with Crippen molar-refractivity contribution in [1.82, 2.24) is 10.2 Å². The van der Waals surface area contributed by atoms with Crippen molar-refractivity contribution < 1.29 is 19.1 Å². The third kappa shape index (κ3) is 8.09. The van der Waals surface area contributed by atoms with Gasteiger partial charge in [0.25, 0.3) is 5.91 Å². The normalized spacial score (nSPS) is 15.0. The minimum Gasteiger partial charge on any atom is -0.457 e. The summed E-state index contributed by atoms with van der Waals surface area (Å²) in [6.07, 6.45) is 4.43. The fraction of sp³-hybridized carbons (Fsp3) is 0.389. The van der Waals surface area contributed by atoms with Crippen molar-refractivity contribution in [3.8, 4) is 11.5 Å². The number of nitrogens with zero attached hydrogens (tertiary/aromatic N) is 1. The molecule has 0 aliphatic heterocycles. The molecular weight excluding hydrogens is 566 g/mol. The zero-order valence-corrected chi connectivity index (χ0v) is 26.7. The lowest BCUT2D eigenvalue weighted by Gasteiger charge is -2.46. The summed E-state index contributed by atoms with van der Waals surface area (Å²) in [5, 5.41) is 10.6. The zero-order valence-electron chi connectivity index (χ0n) is 26.7. The first-order valence-corrected chi connectivity index (χ1v) is 15.5. The molecular formula is C36H45N5O4. The maximum absolute atomic E-state index is 14.5. The van der Waals surface area contributed by atoms with Gasteiger partial charge in [0, 0.05) is 17.7 Å². The Bertz CT molecular complexity index is 1540. The number of ether oxygens (including phenoxy) is 1. The second kappa shape index (κ2) is 14.0. The van der Waals surface area contributed by atoms with Gasteiger partial charge in [-0.2, -0.15) is 0 Å². The quantitative estimate of drug-likeness (QED) is 0.163. The first-order chi connectivity index (χ1) is 21.3. The molecule has 1 atom stereocenters. The van der Waals surface area contributed by atoms with E-state index in [-0.39, 0.29) is 36.2 Å². The van der Waals surface area contributed by atoms with Crippen molar-refractivity contribution in [2.24, 2.45) is 17.4 Å². The maximum Gasteiger partial charge on any atom is 0.255 e. The Morgan fingerprint density at radius 1 is 0.867 bits per heavy atom. The first kappa shape index (κ1) is 33.2. The van der Waals surface area contributed by atoms with Gasteiger partial charge < -0.3 is 26.4 Å². The van der Waals surface area contributed by atoms with Crippen LogP contribution in [-0.4, -0.2) is 40.5 Å². The highest BCUT2D eigenvalue weighted by molar-refractivity contribution is 6.02. The number of rotatable bonds is 11. The molecule has 9 heteroatoms. The van der Waals surface area contributed by atoms with Crippen LogP contribution >= 0.6 is 0 Å². The molecule has 45 heavy (non-hydrogen) atoms. The van der Waals surface area contributed by atoms with Gasteiger partial charge in [-0.15, -0.1) is 0 Å². The molecule has 0 saturated heterocycles. The molecule has 1 aliphatic carbocycles. The third-order valence-electron chi connectivity index (χ3n) is 8.70. The lowest BCUT2D eigenvalue weighted by molar-refractivity contribution is -0.137. The van der Waals surface area contributed by atoms with Gasteiger partial charge in [-0.25, -0.2) is 0 Å². The van der Waals surface area contributed by atoms with E-state index in [4.69, 9.17) is 21.6 Å². The van der Waals surface area contributed by atoms with E-state index in [0.29, 0.717) is 22.6 Å². The summed E-state index contributed by atoms with van der Waals surface area (Å²) in [5.74, 6) is -0.515. The number of hydrogen-bond donors (Lipinski definition) is 4. The van der Waals surface area contributed by atoms with Crippen LogP contribution in [0, 0.1) is 11.3 Å². The summed E-state index contributed by atoms with van der Waals surface area (Å²) in [4.78, 5) is 41.7. The molecule has 1 fully saturated rings. The van der Waals surface area contributed by atoms with Crippen LogP contribution in [0.25, 0.3) is 0 Å². The fourth-order valence-electron chi connectivity index (χ4n) is 6.01. The van der Waals surface area contributed by atoms with Crippen molar-refractivity contribution in [1.29, 1.82) is 5.41 Å². The van der Waals surface area contributed by atoms with Crippen molar-refractivity contribution in [2.45, 2.75) is 77.3 Å². The number of carbonyl (C=O) groups is 3. The largest absolute Gasteiger partial charge is 0.457 e. The van der Waals surface area contributed by atoms with Crippen molar-refractivity contribution in [3.63, 3.8) is 0 Å². The highest BCUT2D eigenvalue weighted by atomic mass is 16.5. The standard InChI is InChI=1S/C36H45N5O4/c1-35(2,3)27-16-18-29(19-17-27)45-30-15-8-10-24(20-30)23-41(33(43)26-12-9-11-25(21-26)32(38)39)36(4,28-13-6-5-7-14-28)34(44)40-22-31(37)42/h8-12,15-21,28H,5-7,13-14,22-23H2,1-4H3,(H2,37,42)(H3,38,39)(H,40,44)/t36-/m1/s1. The van der Waals surface area contributed by atoms with E-state index in [1.165, 1.54) is 5.56 Å². The van der Waals surface area contributed by atoms with Gasteiger partial charge in [0.1, 0.15) is 22.9 Å². The topological polar surface area (TPSA) is 152 Å². The monoisotopic (exact) mass is 611 g/mol. The van der Waals surface area contributed by atoms with Gasteiger partial charge in [-0.05, 0) is 78.6 Å². The van der Waals surface area contributed by atoms with Gasteiger partial charge in [0.2, 0.25) is 11.8 Å². The number of benzene rings is 3. The zero-order chi connectivity index (χ0) is 32.8. The Hall–Kier alpha value is -4.66. The number of nitrogen functional groups attached to an aromatic ring is 1. The number of primary amides is 1. The molecule has 238 valence electrons. The summed E-state index contributed by atoms with van der Waals surface area (Å²) >= 11 is 0. The van der Waals surface area contributed by atoms with Gasteiger partial charge in [0.05, 0.1) is 6.54 Å². The van der Waals surface area contributed by atoms with E-state index < -0.39 is 17.4 Å². The molecule has 9 nitrogen and oxygen atoms in total. The lowest BCUT2D eigenvalue weighted by Crippen LogP contribution is -2.63. The van der Waals surface area contributed by atoms with Crippen molar-refractivity contribution in [3.05, 3.63) is 95.1 Å². The van der Waals surface area contributed by atoms with Gasteiger partial charge in [-0.3, -0.25) is 19.8 Å². The van der Waals surface area contributed by atoms with Crippen molar-refractivity contribution in [2.75, 3.05) is 6.54 Å². The molecule has 3 aromatic carbocycles. The van der Waals surface area contributed by atoms with Crippen LogP contribution in [-0.2, 0) is 21.5 Å². The molecule has 0 spiro atoms. The minimum atomic E-state index is -1.31. The van der Waals surface area contributed by atoms with E-state index in [1.807, 2.05) is 36.4 Å². The Labute approximate surface area is 265 Å². The fourth-order valence-corrected chi connectivity index (χ4v) is 6.01. The summed E-state index contributed by atoms with van der Waals surface area (Å²) in [6, 6.07) is 22.0. The molecule has 6 N–H and O–H groups in total. The van der Waals surface area contributed by atoms with E-state index in [2.05, 4.69) is 38.2 Å². The molecule has 1 saturated carbocycles. The minimum absolute atomic E-state index is 0.0209. The maximum atomic E-state index is 14.5. The average Bonchev–Trinajstić information content (AvgIpc) is 3.02. The molecule has 0 unspecified atom stereocenters. The number of nitrogens with two attached hydrogens (primary N) is 2. The Morgan fingerprint density at radius 3 is 2.13 bits per heavy atom. The number of amides is 3. The molecule has 4 rings (SSSR count). The van der Waals surface area contributed by atoms with E-state index in [0.717, 1.165) is 37.7 Å². The van der Waals surface area contributed by atoms with Crippen LogP contribution in [0.1, 0.15) is 86.8 Å². The van der Waals surface area contributed by atoms with Crippen LogP contribution in [0.2, 0.25) is 0 Å². The third-order valence-corrected chi connectivity index (χ3v) is 8.70. The number of hydrogen-bond acceptors (Lipinski definition) is 5. The predicted molar refractivity (Wildman–Crippen MR) is 176 cm³/mol. The smallest absolute Gasteiger partial charge is 0.255 e. The lowest BCUT2D eigenvalue weighted by atomic mass is 9.73. The molecule has 3 amide bonds. The summed E-state index contributed by atoms with van der Waals surface area (Å²) in [7, 11) is 0. The number of carbonyl (C=O) groups excluding carboxylic acids is 3. The molecule has 0 bridgehead atoms. The van der Waals surface area contributed by atoms with E-state index in [9.17, 15) is 14.4 Å². The van der Waals surface area contributed by atoms with Crippen LogP contribution in [0.5, 0.6) is 11.5 Å². The molecule has 3 aromatic rings. The highest BCUT2D eigenvalue weighted by Crippen LogP contribution is 2.39. The highest BCUT2D eigenvalue weighted by Gasteiger charge is 2.48. The molecule has 0 heterocycles. The average molecular weight is 612 g/mol. The van der Waals surface area contributed by atoms with Crippen LogP contribution in [0.15, 0.2) is 72.8 Å². The van der Waals surface area contributed by atoms with Crippen LogP contribution < -0.4 is 21.5 Å². The van der Waals surface area contributed by atoms with Gasteiger partial charge in [-0.1, -0.05) is 76.4 Å². The van der Waals surface area contributed by atoms with Gasteiger partial charge in [0.15, 0.2) is 0 Å². The molecule has 0 radical (unpaired) electrons. The summed E-state index contributed by atoms with van der Waals surface area (Å²) in [5.41, 5.74) is 12.5. The molecule has 1 aliphatic rings. The Balaban J connectivity index is 1.74. The number of amidine groups is 1. The van der Waals surface area contributed by atoms with Crippen LogP contribution in [0.4, 0.5) is 0 Å². The summed E-state index contributed by atoms with van der Waals surface area (Å²) in [6.45, 7) is 8.02. The first-order valence-electron chi connectivity index (χ1n) is 15.5.